The zero-order valence-electron chi connectivity index (χ0n) is 12.0. The number of nitrogens with zero attached hydrogens (tertiary/aromatic N) is 1. The van der Waals surface area contributed by atoms with Crippen molar-refractivity contribution in [3.8, 4) is 0 Å². The molecule has 0 saturated heterocycles. The van der Waals surface area contributed by atoms with Crippen LogP contribution in [0.25, 0.3) is 0 Å². The lowest BCUT2D eigenvalue weighted by Crippen LogP contribution is -2.15. The fourth-order valence-corrected chi connectivity index (χ4v) is 2.33. The second-order valence-corrected chi connectivity index (χ2v) is 5.22. The minimum Gasteiger partial charge on any atom is -0.322 e. The van der Waals surface area contributed by atoms with E-state index in [2.05, 4.69) is 5.32 Å². The molecule has 0 unspecified atom stereocenters. The summed E-state index contributed by atoms with van der Waals surface area (Å²) in [7, 11) is 0. The molecule has 1 amide bonds. The van der Waals surface area contributed by atoms with Gasteiger partial charge in [0.15, 0.2) is 0 Å². The lowest BCUT2D eigenvalue weighted by atomic mass is 10.1. The second kappa shape index (κ2) is 7.04. The van der Waals surface area contributed by atoms with E-state index in [0.717, 1.165) is 18.4 Å². The molecule has 2 rings (SSSR count). The van der Waals surface area contributed by atoms with Crippen molar-refractivity contribution in [1.29, 1.82) is 0 Å². The van der Waals surface area contributed by atoms with E-state index in [1.165, 1.54) is 18.2 Å². The van der Waals surface area contributed by atoms with Crippen molar-refractivity contribution in [3.05, 3.63) is 68.7 Å². The summed E-state index contributed by atoms with van der Waals surface area (Å²) in [6.07, 6.45) is 1.76. The Kier molecular flexibility index (Phi) is 5.12. The number of hydrogen-bond acceptors (Lipinski definition) is 3. The third-order valence-electron chi connectivity index (χ3n) is 3.19. The standard InChI is InChI=1S/C16H15ClN2O3/c1-2-5-11-6-3-4-7-14(11)18-16(20)13-9-8-12(17)10-15(13)19(21)22/h3-4,6-10H,2,5H2,1H3,(H,18,20). The second-order valence-electron chi connectivity index (χ2n) is 4.78. The Hall–Kier alpha value is -2.40. The molecule has 0 spiro atoms. The maximum Gasteiger partial charge on any atom is 0.283 e. The molecule has 2 aromatic rings. The van der Waals surface area contributed by atoms with Crippen LogP contribution >= 0.6 is 11.6 Å². The largest absolute Gasteiger partial charge is 0.322 e. The monoisotopic (exact) mass is 318 g/mol. The lowest BCUT2D eigenvalue weighted by Gasteiger charge is -2.10. The Morgan fingerprint density at radius 3 is 2.68 bits per heavy atom. The molecule has 114 valence electrons. The first-order chi connectivity index (χ1) is 10.5. The first-order valence-electron chi connectivity index (χ1n) is 6.86. The van der Waals surface area contributed by atoms with Crippen molar-refractivity contribution in [2.45, 2.75) is 19.8 Å². The van der Waals surface area contributed by atoms with E-state index >= 15 is 0 Å². The van der Waals surface area contributed by atoms with Gasteiger partial charge in [-0.15, -0.1) is 0 Å². The molecular formula is C16H15ClN2O3. The Morgan fingerprint density at radius 2 is 2.00 bits per heavy atom. The summed E-state index contributed by atoms with van der Waals surface area (Å²) in [4.78, 5) is 22.8. The van der Waals surface area contributed by atoms with Crippen LogP contribution in [-0.2, 0) is 6.42 Å². The predicted octanol–water partition coefficient (Wildman–Crippen LogP) is 4.45. The minimum atomic E-state index is -0.612. The van der Waals surface area contributed by atoms with Crippen LogP contribution in [0.5, 0.6) is 0 Å². The van der Waals surface area contributed by atoms with Gasteiger partial charge in [-0.05, 0) is 30.2 Å². The summed E-state index contributed by atoms with van der Waals surface area (Å²) < 4.78 is 0. The summed E-state index contributed by atoms with van der Waals surface area (Å²) in [6, 6.07) is 11.4. The Balaban J connectivity index is 2.32. The molecule has 0 aromatic heterocycles. The molecule has 22 heavy (non-hydrogen) atoms. The number of amides is 1. The molecule has 0 bridgehead atoms. The number of aryl methyl sites for hydroxylation is 1. The molecule has 0 aliphatic rings. The molecule has 1 N–H and O–H groups in total. The van der Waals surface area contributed by atoms with Crippen molar-refractivity contribution in [2.24, 2.45) is 0 Å². The Bertz CT molecular complexity index is 716. The van der Waals surface area contributed by atoms with Gasteiger partial charge >= 0.3 is 0 Å². The molecule has 5 nitrogen and oxygen atoms in total. The number of carbonyl (C=O) groups is 1. The number of halogens is 1. The SMILES string of the molecule is CCCc1ccccc1NC(=O)c1ccc(Cl)cc1[N+](=O)[O-]. The first-order valence-corrected chi connectivity index (χ1v) is 7.24. The molecule has 0 aliphatic carbocycles. The van der Waals surface area contributed by atoms with Gasteiger partial charge < -0.3 is 5.32 Å². The van der Waals surface area contributed by atoms with E-state index in [9.17, 15) is 14.9 Å². The number of benzene rings is 2. The normalized spacial score (nSPS) is 10.3. The van der Waals surface area contributed by atoms with E-state index in [4.69, 9.17) is 11.6 Å². The average molecular weight is 319 g/mol. The van der Waals surface area contributed by atoms with Gasteiger partial charge in [0.25, 0.3) is 11.6 Å². The Labute approximate surface area is 133 Å². The van der Waals surface area contributed by atoms with Crippen LogP contribution in [0.2, 0.25) is 5.02 Å². The van der Waals surface area contributed by atoms with Crippen LogP contribution in [-0.4, -0.2) is 10.8 Å². The summed E-state index contributed by atoms with van der Waals surface area (Å²) in [6.45, 7) is 2.04. The van der Waals surface area contributed by atoms with Crippen LogP contribution < -0.4 is 5.32 Å². The minimum absolute atomic E-state index is 0.0132. The third kappa shape index (κ3) is 3.62. The highest BCUT2D eigenvalue weighted by atomic mass is 35.5. The summed E-state index contributed by atoms with van der Waals surface area (Å²) in [5.74, 6) is -0.521. The quantitative estimate of drug-likeness (QED) is 0.653. The number of nitrogens with one attached hydrogen (secondary N) is 1. The van der Waals surface area contributed by atoms with Crippen LogP contribution in [0.3, 0.4) is 0 Å². The highest BCUT2D eigenvalue weighted by molar-refractivity contribution is 6.31. The molecule has 0 aliphatic heterocycles. The van der Waals surface area contributed by atoms with Crippen molar-refractivity contribution < 1.29 is 9.72 Å². The number of carbonyl (C=O) groups excluding carboxylic acids is 1. The fraction of sp³-hybridized carbons (Fsp3) is 0.188. The predicted molar refractivity (Wildman–Crippen MR) is 86.5 cm³/mol. The van der Waals surface area contributed by atoms with Gasteiger partial charge in [-0.25, -0.2) is 0 Å². The number of para-hydroxylation sites is 1. The van der Waals surface area contributed by atoms with Crippen molar-refractivity contribution in [1.82, 2.24) is 0 Å². The van der Waals surface area contributed by atoms with Crippen molar-refractivity contribution in [2.75, 3.05) is 5.32 Å². The molecule has 0 saturated carbocycles. The summed E-state index contributed by atoms with van der Waals surface area (Å²) >= 11 is 5.76. The van der Waals surface area contributed by atoms with Crippen LogP contribution in [0.1, 0.15) is 29.3 Å². The van der Waals surface area contributed by atoms with E-state index in [0.29, 0.717) is 5.69 Å². The summed E-state index contributed by atoms with van der Waals surface area (Å²) in [5.41, 5.74) is 1.34. The van der Waals surface area contributed by atoms with Crippen LogP contribution in [0, 0.1) is 10.1 Å². The number of rotatable bonds is 5. The number of anilines is 1. The molecule has 6 heteroatoms. The number of nitro benzene ring substituents is 1. The third-order valence-corrected chi connectivity index (χ3v) is 3.42. The summed E-state index contributed by atoms with van der Waals surface area (Å²) in [5, 5.41) is 14.0. The van der Waals surface area contributed by atoms with E-state index in [-0.39, 0.29) is 16.3 Å². The maximum absolute atomic E-state index is 12.3. The Morgan fingerprint density at radius 1 is 1.27 bits per heavy atom. The van der Waals surface area contributed by atoms with E-state index in [1.807, 2.05) is 25.1 Å². The lowest BCUT2D eigenvalue weighted by molar-refractivity contribution is -0.385. The number of hydrogen-bond donors (Lipinski definition) is 1. The molecule has 0 radical (unpaired) electrons. The van der Waals surface area contributed by atoms with Crippen LogP contribution in [0.15, 0.2) is 42.5 Å². The number of nitro groups is 1. The smallest absolute Gasteiger partial charge is 0.283 e. The average Bonchev–Trinajstić information content (AvgIpc) is 2.49. The maximum atomic E-state index is 12.3. The van der Waals surface area contributed by atoms with Gasteiger partial charge in [0.2, 0.25) is 0 Å². The zero-order chi connectivity index (χ0) is 16.1. The molecule has 0 fully saturated rings. The first kappa shape index (κ1) is 16.0. The van der Waals surface area contributed by atoms with Gasteiger partial charge in [-0.3, -0.25) is 14.9 Å². The van der Waals surface area contributed by atoms with E-state index < -0.39 is 10.8 Å². The van der Waals surface area contributed by atoms with E-state index in [1.54, 1.807) is 6.07 Å². The molecule has 2 aromatic carbocycles. The van der Waals surface area contributed by atoms with Gasteiger partial charge in [-0.2, -0.15) is 0 Å². The zero-order valence-corrected chi connectivity index (χ0v) is 12.8. The molecule has 0 heterocycles. The van der Waals surface area contributed by atoms with Crippen molar-refractivity contribution in [3.63, 3.8) is 0 Å². The van der Waals surface area contributed by atoms with Gasteiger partial charge in [0, 0.05) is 16.8 Å². The van der Waals surface area contributed by atoms with Gasteiger partial charge in [0.1, 0.15) is 5.56 Å². The van der Waals surface area contributed by atoms with Gasteiger partial charge in [0.05, 0.1) is 4.92 Å². The molecular weight excluding hydrogens is 304 g/mol. The molecule has 0 atom stereocenters. The highest BCUT2D eigenvalue weighted by Crippen LogP contribution is 2.25. The van der Waals surface area contributed by atoms with Gasteiger partial charge in [-0.1, -0.05) is 43.1 Å². The fourth-order valence-electron chi connectivity index (χ4n) is 2.17. The highest BCUT2D eigenvalue weighted by Gasteiger charge is 2.21. The topological polar surface area (TPSA) is 72.2 Å². The van der Waals surface area contributed by atoms with Crippen molar-refractivity contribution >= 4 is 28.9 Å². The van der Waals surface area contributed by atoms with Crippen LogP contribution in [0.4, 0.5) is 11.4 Å².